The molecule has 0 radical (unpaired) electrons. The Morgan fingerprint density at radius 2 is 1.70 bits per heavy atom. The first kappa shape index (κ1) is 14.4. The summed E-state index contributed by atoms with van der Waals surface area (Å²) in [5, 5.41) is 9.63. The number of hydrogen-bond acceptors (Lipinski definition) is 2. The van der Waals surface area contributed by atoms with Gasteiger partial charge in [0.05, 0.1) is 0 Å². The van der Waals surface area contributed by atoms with Gasteiger partial charge in [-0.1, -0.05) is 32.0 Å². The molecule has 2 aromatic rings. The van der Waals surface area contributed by atoms with E-state index in [1.807, 2.05) is 12.1 Å². The van der Waals surface area contributed by atoms with Crippen LogP contribution < -0.4 is 4.90 Å². The Kier molecular flexibility index (Phi) is 4.67. The summed E-state index contributed by atoms with van der Waals surface area (Å²) in [6.07, 6.45) is 1.16. The van der Waals surface area contributed by atoms with Gasteiger partial charge in [0.2, 0.25) is 0 Å². The van der Waals surface area contributed by atoms with E-state index in [1.165, 1.54) is 5.56 Å². The predicted molar refractivity (Wildman–Crippen MR) is 85.9 cm³/mol. The predicted octanol–water partition coefficient (Wildman–Crippen LogP) is 5.06. The molecule has 0 fully saturated rings. The minimum absolute atomic E-state index is 0.303. The van der Waals surface area contributed by atoms with Crippen molar-refractivity contribution in [2.24, 2.45) is 0 Å². The van der Waals surface area contributed by atoms with Gasteiger partial charge < -0.3 is 10.0 Å². The Labute approximate surface area is 121 Å². The van der Waals surface area contributed by atoms with Gasteiger partial charge in [-0.15, -0.1) is 0 Å². The molecule has 0 saturated heterocycles. The number of phenols is 1. The van der Waals surface area contributed by atoms with Crippen LogP contribution in [0.25, 0.3) is 0 Å². The molecule has 0 amide bonds. The fraction of sp³-hybridized carbons (Fsp3) is 0.333. The highest BCUT2D eigenvalue weighted by Crippen LogP contribution is 2.29. The van der Waals surface area contributed by atoms with Gasteiger partial charge in [-0.2, -0.15) is 0 Å². The number of rotatable bonds is 5. The zero-order valence-electron chi connectivity index (χ0n) is 12.5. The van der Waals surface area contributed by atoms with E-state index < -0.39 is 0 Å². The third kappa shape index (κ3) is 3.13. The second-order valence-corrected chi connectivity index (χ2v) is 5.16. The largest absolute Gasteiger partial charge is 0.508 e. The molecule has 0 aromatic heterocycles. The maximum atomic E-state index is 9.63. The molecule has 0 heterocycles. The van der Waals surface area contributed by atoms with Crippen LogP contribution in [0.2, 0.25) is 0 Å². The molecular weight excluding hydrogens is 246 g/mol. The number of aromatic hydroxyl groups is 1. The van der Waals surface area contributed by atoms with Crippen LogP contribution in [0, 0.1) is 0 Å². The molecule has 0 bridgehead atoms. The van der Waals surface area contributed by atoms with E-state index in [0.29, 0.717) is 11.7 Å². The molecule has 2 aromatic carbocycles. The third-order valence-corrected chi connectivity index (χ3v) is 3.84. The van der Waals surface area contributed by atoms with Crippen molar-refractivity contribution >= 4 is 11.4 Å². The quantitative estimate of drug-likeness (QED) is 0.819. The summed E-state index contributed by atoms with van der Waals surface area (Å²) < 4.78 is 0. The fourth-order valence-corrected chi connectivity index (χ4v) is 2.39. The molecule has 0 saturated carbocycles. The zero-order chi connectivity index (χ0) is 14.5. The van der Waals surface area contributed by atoms with Crippen molar-refractivity contribution < 1.29 is 5.11 Å². The second-order valence-electron chi connectivity index (χ2n) is 5.16. The van der Waals surface area contributed by atoms with Crippen molar-refractivity contribution in [2.75, 3.05) is 11.4 Å². The molecule has 1 unspecified atom stereocenters. The SMILES string of the molecule is CCC(C)c1ccc(N(CC)c2cccc(O)c2)cc1. The Morgan fingerprint density at radius 1 is 1.00 bits per heavy atom. The van der Waals surface area contributed by atoms with Gasteiger partial charge in [0.1, 0.15) is 5.75 Å². The van der Waals surface area contributed by atoms with Crippen molar-refractivity contribution in [1.82, 2.24) is 0 Å². The molecule has 2 heteroatoms. The Hall–Kier alpha value is -1.96. The van der Waals surface area contributed by atoms with Crippen LogP contribution in [0.1, 0.15) is 38.7 Å². The highest BCUT2D eigenvalue weighted by atomic mass is 16.3. The Bertz CT molecular complexity index is 548. The number of anilines is 2. The van der Waals surface area contributed by atoms with Gasteiger partial charge in [-0.05, 0) is 49.1 Å². The normalized spacial score (nSPS) is 12.2. The topological polar surface area (TPSA) is 23.5 Å². The fourth-order valence-electron chi connectivity index (χ4n) is 2.39. The summed E-state index contributed by atoms with van der Waals surface area (Å²) in [6.45, 7) is 7.45. The van der Waals surface area contributed by atoms with E-state index in [1.54, 1.807) is 12.1 Å². The molecule has 0 aliphatic rings. The number of nitrogens with zero attached hydrogens (tertiary/aromatic N) is 1. The molecule has 106 valence electrons. The third-order valence-electron chi connectivity index (χ3n) is 3.84. The van der Waals surface area contributed by atoms with Crippen molar-refractivity contribution in [3.63, 3.8) is 0 Å². The van der Waals surface area contributed by atoms with Crippen LogP contribution in [0.4, 0.5) is 11.4 Å². The van der Waals surface area contributed by atoms with E-state index >= 15 is 0 Å². The molecule has 2 rings (SSSR count). The van der Waals surface area contributed by atoms with Gasteiger partial charge in [-0.25, -0.2) is 0 Å². The molecule has 20 heavy (non-hydrogen) atoms. The Morgan fingerprint density at radius 3 is 2.25 bits per heavy atom. The van der Waals surface area contributed by atoms with Crippen molar-refractivity contribution in [3.8, 4) is 5.75 Å². The average molecular weight is 269 g/mol. The van der Waals surface area contributed by atoms with Crippen LogP contribution in [0.3, 0.4) is 0 Å². The zero-order valence-corrected chi connectivity index (χ0v) is 12.5. The molecule has 1 atom stereocenters. The van der Waals surface area contributed by atoms with Crippen molar-refractivity contribution in [2.45, 2.75) is 33.1 Å². The summed E-state index contributed by atoms with van der Waals surface area (Å²) in [5.74, 6) is 0.900. The highest BCUT2D eigenvalue weighted by Gasteiger charge is 2.09. The lowest BCUT2D eigenvalue weighted by Crippen LogP contribution is -2.15. The van der Waals surface area contributed by atoms with Gasteiger partial charge in [0, 0.05) is 24.0 Å². The first-order chi connectivity index (χ1) is 9.65. The van der Waals surface area contributed by atoms with Crippen molar-refractivity contribution in [1.29, 1.82) is 0 Å². The van der Waals surface area contributed by atoms with Gasteiger partial charge in [0.15, 0.2) is 0 Å². The van der Waals surface area contributed by atoms with Crippen LogP contribution in [-0.4, -0.2) is 11.7 Å². The number of phenolic OH excluding ortho intramolecular Hbond substituents is 1. The maximum absolute atomic E-state index is 9.63. The minimum Gasteiger partial charge on any atom is -0.508 e. The molecule has 1 N–H and O–H groups in total. The molecule has 0 spiro atoms. The Balaban J connectivity index is 2.28. The molecular formula is C18H23NO. The first-order valence-corrected chi connectivity index (χ1v) is 7.32. The summed E-state index contributed by atoms with van der Waals surface area (Å²) in [4.78, 5) is 2.19. The van der Waals surface area contributed by atoms with E-state index in [0.717, 1.165) is 24.3 Å². The van der Waals surface area contributed by atoms with Crippen LogP contribution >= 0.6 is 0 Å². The number of benzene rings is 2. The maximum Gasteiger partial charge on any atom is 0.117 e. The average Bonchev–Trinajstić information content (AvgIpc) is 2.48. The lowest BCUT2D eigenvalue weighted by molar-refractivity contribution is 0.475. The summed E-state index contributed by atoms with van der Waals surface area (Å²) in [6, 6.07) is 16.1. The lowest BCUT2D eigenvalue weighted by Gasteiger charge is -2.24. The molecule has 0 aliphatic heterocycles. The standard InChI is InChI=1S/C18H23NO/c1-4-14(3)15-9-11-16(12-10-15)19(5-2)17-7-6-8-18(20)13-17/h6-14,20H,4-5H2,1-3H3. The van der Waals surface area contributed by atoms with E-state index in [9.17, 15) is 5.11 Å². The van der Waals surface area contributed by atoms with E-state index in [-0.39, 0.29) is 0 Å². The summed E-state index contributed by atoms with van der Waals surface area (Å²) in [5.41, 5.74) is 3.55. The van der Waals surface area contributed by atoms with Gasteiger partial charge >= 0.3 is 0 Å². The summed E-state index contributed by atoms with van der Waals surface area (Å²) >= 11 is 0. The van der Waals surface area contributed by atoms with Crippen molar-refractivity contribution in [3.05, 3.63) is 54.1 Å². The number of hydrogen-bond donors (Lipinski definition) is 1. The second kappa shape index (κ2) is 6.47. The highest BCUT2D eigenvalue weighted by molar-refractivity contribution is 5.64. The van der Waals surface area contributed by atoms with E-state index in [2.05, 4.69) is 49.9 Å². The smallest absolute Gasteiger partial charge is 0.117 e. The molecule has 2 nitrogen and oxygen atoms in total. The van der Waals surface area contributed by atoms with Crippen LogP contribution in [0.15, 0.2) is 48.5 Å². The van der Waals surface area contributed by atoms with Crippen LogP contribution in [0.5, 0.6) is 5.75 Å². The van der Waals surface area contributed by atoms with Crippen LogP contribution in [-0.2, 0) is 0 Å². The lowest BCUT2D eigenvalue weighted by atomic mass is 9.98. The van der Waals surface area contributed by atoms with Gasteiger partial charge in [0.25, 0.3) is 0 Å². The summed E-state index contributed by atoms with van der Waals surface area (Å²) in [7, 11) is 0. The minimum atomic E-state index is 0.303. The van der Waals surface area contributed by atoms with E-state index in [4.69, 9.17) is 0 Å². The first-order valence-electron chi connectivity index (χ1n) is 7.32. The van der Waals surface area contributed by atoms with Gasteiger partial charge in [-0.3, -0.25) is 0 Å². The molecule has 0 aliphatic carbocycles. The monoisotopic (exact) mass is 269 g/mol.